The Balaban J connectivity index is 1.65. The summed E-state index contributed by atoms with van der Waals surface area (Å²) in [6.07, 6.45) is 3.22. The van der Waals surface area contributed by atoms with E-state index in [1.54, 1.807) is 78.9 Å². The van der Waals surface area contributed by atoms with Gasteiger partial charge in [0.1, 0.15) is 0 Å². The Morgan fingerprint density at radius 1 is 1.03 bits per heavy atom. The lowest BCUT2D eigenvalue weighted by Crippen LogP contribution is -2.44. The van der Waals surface area contributed by atoms with E-state index in [1.165, 1.54) is 0 Å². The third-order valence-corrected chi connectivity index (χ3v) is 6.27. The highest BCUT2D eigenvalue weighted by atomic mass is 35.5. The zero-order chi connectivity index (χ0) is 24.2. The maximum atomic E-state index is 13.2. The molecule has 1 heterocycles. The topological polar surface area (TPSA) is 88.3 Å². The van der Waals surface area contributed by atoms with E-state index in [4.69, 9.17) is 28.9 Å². The molecule has 0 saturated heterocycles. The third-order valence-electron chi connectivity index (χ3n) is 5.53. The van der Waals surface area contributed by atoms with Gasteiger partial charge in [0.2, 0.25) is 5.91 Å². The van der Waals surface area contributed by atoms with E-state index in [0.29, 0.717) is 27.8 Å². The largest absolute Gasteiger partial charge is 0.343 e. The Hall–Kier alpha value is -2.93. The molecular formula is C25H26Cl2N4O2. The summed E-state index contributed by atoms with van der Waals surface area (Å²) in [6, 6.07) is 15.3. The van der Waals surface area contributed by atoms with Gasteiger partial charge in [0, 0.05) is 43.3 Å². The predicted octanol–water partition coefficient (Wildman–Crippen LogP) is 5.08. The second-order valence-corrected chi connectivity index (χ2v) is 9.17. The molecule has 1 unspecified atom stereocenters. The first-order chi connectivity index (χ1) is 15.6. The minimum Gasteiger partial charge on any atom is -0.343 e. The average molecular weight is 485 g/mol. The number of pyridine rings is 1. The number of nitrogens with zero attached hydrogens (tertiary/aromatic N) is 2. The Morgan fingerprint density at radius 2 is 1.67 bits per heavy atom. The maximum Gasteiger partial charge on any atom is 0.255 e. The number of anilines is 1. The van der Waals surface area contributed by atoms with Gasteiger partial charge in [0.05, 0.1) is 15.5 Å². The number of amides is 2. The van der Waals surface area contributed by atoms with Gasteiger partial charge in [0.15, 0.2) is 0 Å². The fourth-order valence-corrected chi connectivity index (χ4v) is 3.79. The van der Waals surface area contributed by atoms with Crippen LogP contribution in [0.3, 0.4) is 0 Å². The van der Waals surface area contributed by atoms with Crippen molar-refractivity contribution in [3.8, 4) is 0 Å². The molecule has 0 aliphatic carbocycles. The van der Waals surface area contributed by atoms with Gasteiger partial charge in [-0.05, 0) is 61.4 Å². The molecule has 3 rings (SSSR count). The summed E-state index contributed by atoms with van der Waals surface area (Å²) in [6.45, 7) is 3.99. The first-order valence-electron chi connectivity index (χ1n) is 10.4. The number of carbonyl (C=O) groups is 2. The molecule has 2 amide bonds. The quantitative estimate of drug-likeness (QED) is 0.489. The van der Waals surface area contributed by atoms with Crippen LogP contribution < -0.4 is 11.1 Å². The molecular weight excluding hydrogens is 459 g/mol. The van der Waals surface area contributed by atoms with Crippen LogP contribution in [-0.2, 0) is 10.2 Å². The van der Waals surface area contributed by atoms with Crippen molar-refractivity contribution in [1.29, 1.82) is 0 Å². The van der Waals surface area contributed by atoms with Crippen LogP contribution in [0, 0.1) is 0 Å². The molecule has 0 bridgehead atoms. The Bertz CT molecular complexity index is 1130. The first kappa shape index (κ1) is 24.7. The summed E-state index contributed by atoms with van der Waals surface area (Å²) in [4.78, 5) is 31.1. The number of carbonyl (C=O) groups excluding carboxylic acids is 2. The zero-order valence-electron chi connectivity index (χ0n) is 18.7. The van der Waals surface area contributed by atoms with Crippen molar-refractivity contribution in [3.63, 3.8) is 0 Å². The lowest BCUT2D eigenvalue weighted by Gasteiger charge is -2.31. The highest BCUT2D eigenvalue weighted by Crippen LogP contribution is 2.31. The van der Waals surface area contributed by atoms with Crippen molar-refractivity contribution in [3.05, 3.63) is 93.7 Å². The van der Waals surface area contributed by atoms with Crippen LogP contribution in [0.1, 0.15) is 41.4 Å². The SMILES string of the molecule is CN(CC(N)c1ccc(C(=O)Nc2ccncc2)cc1)C(=O)C(C)(C)c1ccc(Cl)c(Cl)c1. The normalized spacial score (nSPS) is 12.2. The summed E-state index contributed by atoms with van der Waals surface area (Å²) in [7, 11) is 1.72. The molecule has 0 fully saturated rings. The van der Waals surface area contributed by atoms with Gasteiger partial charge in [-0.1, -0.05) is 41.4 Å². The van der Waals surface area contributed by atoms with E-state index in [0.717, 1.165) is 11.1 Å². The smallest absolute Gasteiger partial charge is 0.255 e. The monoisotopic (exact) mass is 484 g/mol. The molecule has 3 aromatic rings. The fraction of sp³-hybridized carbons (Fsp3) is 0.240. The second-order valence-electron chi connectivity index (χ2n) is 8.36. The number of halogens is 2. The molecule has 1 atom stereocenters. The van der Waals surface area contributed by atoms with Gasteiger partial charge in [-0.3, -0.25) is 14.6 Å². The first-order valence-corrected chi connectivity index (χ1v) is 11.1. The van der Waals surface area contributed by atoms with Gasteiger partial charge < -0.3 is 16.0 Å². The average Bonchev–Trinajstić information content (AvgIpc) is 2.80. The predicted molar refractivity (Wildman–Crippen MR) is 133 cm³/mol. The summed E-state index contributed by atoms with van der Waals surface area (Å²) in [5, 5.41) is 3.66. The molecule has 1 aromatic heterocycles. The van der Waals surface area contributed by atoms with Crippen LogP contribution >= 0.6 is 23.2 Å². The van der Waals surface area contributed by atoms with Crippen molar-refractivity contribution < 1.29 is 9.59 Å². The van der Waals surface area contributed by atoms with Crippen molar-refractivity contribution in [2.24, 2.45) is 5.73 Å². The molecule has 0 radical (unpaired) electrons. The Kier molecular flexibility index (Phi) is 7.74. The number of rotatable bonds is 7. The number of nitrogens with one attached hydrogen (secondary N) is 1. The fourth-order valence-electron chi connectivity index (χ4n) is 3.49. The van der Waals surface area contributed by atoms with E-state index >= 15 is 0 Å². The third kappa shape index (κ3) is 5.90. The molecule has 0 aliphatic heterocycles. The van der Waals surface area contributed by atoms with E-state index in [-0.39, 0.29) is 11.8 Å². The van der Waals surface area contributed by atoms with E-state index < -0.39 is 11.5 Å². The second kappa shape index (κ2) is 10.3. The summed E-state index contributed by atoms with van der Waals surface area (Å²) in [5.41, 5.74) is 8.33. The van der Waals surface area contributed by atoms with Crippen LogP contribution in [0.2, 0.25) is 10.0 Å². The molecule has 33 heavy (non-hydrogen) atoms. The summed E-state index contributed by atoms with van der Waals surface area (Å²) < 4.78 is 0. The number of likely N-dealkylation sites (N-methyl/N-ethyl adjacent to an activating group) is 1. The van der Waals surface area contributed by atoms with Crippen molar-refractivity contribution in [1.82, 2.24) is 9.88 Å². The molecule has 3 N–H and O–H groups in total. The summed E-state index contributed by atoms with van der Waals surface area (Å²) in [5.74, 6) is -0.318. The summed E-state index contributed by atoms with van der Waals surface area (Å²) >= 11 is 12.1. The number of nitrogens with two attached hydrogens (primary N) is 1. The van der Waals surface area contributed by atoms with Gasteiger partial charge >= 0.3 is 0 Å². The van der Waals surface area contributed by atoms with Crippen LogP contribution in [0.4, 0.5) is 5.69 Å². The molecule has 6 nitrogen and oxygen atoms in total. The van der Waals surface area contributed by atoms with Gasteiger partial charge in [-0.2, -0.15) is 0 Å². The molecule has 0 spiro atoms. The van der Waals surface area contributed by atoms with Gasteiger partial charge in [-0.15, -0.1) is 0 Å². The van der Waals surface area contributed by atoms with Gasteiger partial charge in [-0.25, -0.2) is 0 Å². The van der Waals surface area contributed by atoms with E-state index in [1.807, 2.05) is 13.8 Å². The molecule has 0 aliphatic rings. The molecule has 8 heteroatoms. The van der Waals surface area contributed by atoms with Gasteiger partial charge in [0.25, 0.3) is 5.91 Å². The number of aromatic nitrogens is 1. The lowest BCUT2D eigenvalue weighted by molar-refractivity contribution is -0.135. The lowest BCUT2D eigenvalue weighted by atomic mass is 9.83. The molecule has 172 valence electrons. The van der Waals surface area contributed by atoms with Crippen molar-refractivity contribution in [2.75, 3.05) is 18.9 Å². The zero-order valence-corrected chi connectivity index (χ0v) is 20.2. The number of hydrogen-bond donors (Lipinski definition) is 2. The number of benzene rings is 2. The maximum absolute atomic E-state index is 13.2. The van der Waals surface area contributed by atoms with E-state index in [9.17, 15) is 9.59 Å². The highest BCUT2D eigenvalue weighted by molar-refractivity contribution is 6.42. The minimum atomic E-state index is -0.808. The van der Waals surface area contributed by atoms with Crippen LogP contribution in [0.5, 0.6) is 0 Å². The van der Waals surface area contributed by atoms with Crippen molar-refractivity contribution in [2.45, 2.75) is 25.3 Å². The van der Waals surface area contributed by atoms with Crippen molar-refractivity contribution >= 4 is 40.7 Å². The number of hydrogen-bond acceptors (Lipinski definition) is 4. The highest BCUT2D eigenvalue weighted by Gasteiger charge is 2.33. The van der Waals surface area contributed by atoms with Crippen LogP contribution in [0.15, 0.2) is 67.0 Å². The Labute approximate surface area is 203 Å². The molecule has 0 saturated carbocycles. The molecule has 2 aromatic carbocycles. The minimum absolute atomic E-state index is 0.0929. The standard InChI is InChI=1S/C25H26Cl2N4O2/c1-25(2,18-8-9-20(26)21(27)14-18)24(33)31(3)15-22(28)16-4-6-17(7-5-16)23(32)30-19-10-12-29-13-11-19/h4-14,22H,15,28H2,1-3H3,(H,29,30,32). The van der Waals surface area contributed by atoms with Crippen LogP contribution in [0.25, 0.3) is 0 Å². The van der Waals surface area contributed by atoms with E-state index in [2.05, 4.69) is 10.3 Å². The van der Waals surface area contributed by atoms with Crippen LogP contribution in [-0.4, -0.2) is 35.3 Å². The Morgan fingerprint density at radius 3 is 2.27 bits per heavy atom.